The molecule has 1 aliphatic rings. The first kappa shape index (κ1) is 27.9. The highest BCUT2D eigenvalue weighted by Gasteiger charge is 2.26. The van der Waals surface area contributed by atoms with Crippen molar-refractivity contribution in [3.63, 3.8) is 0 Å². The summed E-state index contributed by atoms with van der Waals surface area (Å²) >= 11 is 0. The Labute approximate surface area is 215 Å². The molecule has 0 atom stereocenters. The molecule has 1 fully saturated rings. The Bertz CT molecular complexity index is 1100. The molecular weight excluding hydrogens is 480 g/mol. The lowest BCUT2D eigenvalue weighted by molar-refractivity contribution is -0.135. The second-order valence-corrected chi connectivity index (χ2v) is 11.4. The number of rotatable bonds is 11. The lowest BCUT2D eigenvalue weighted by atomic mass is 9.96. The molecule has 0 bridgehead atoms. The Balaban J connectivity index is 1.41. The molecule has 2 heterocycles. The minimum Gasteiger partial charge on any atom is -0.497 e. The second-order valence-electron chi connectivity index (χ2n) is 9.38. The zero-order chi connectivity index (χ0) is 26.3. The van der Waals surface area contributed by atoms with Crippen LogP contribution in [0.3, 0.4) is 0 Å². The third-order valence-electron chi connectivity index (χ3n) is 6.71. The Morgan fingerprint density at radius 3 is 2.31 bits per heavy atom. The van der Waals surface area contributed by atoms with Gasteiger partial charge in [-0.1, -0.05) is 0 Å². The van der Waals surface area contributed by atoms with Gasteiger partial charge in [0.25, 0.3) is 0 Å². The van der Waals surface area contributed by atoms with Gasteiger partial charge < -0.3 is 19.3 Å². The van der Waals surface area contributed by atoms with E-state index in [-0.39, 0.29) is 30.6 Å². The average Bonchev–Trinajstić information content (AvgIpc) is 2.86. The number of likely N-dealkylation sites (N-methyl/N-ethyl adjacent to an activating group) is 2. The van der Waals surface area contributed by atoms with Crippen LogP contribution in [0.25, 0.3) is 0 Å². The van der Waals surface area contributed by atoms with Gasteiger partial charge in [-0.3, -0.25) is 9.78 Å². The Hall–Kier alpha value is -2.69. The van der Waals surface area contributed by atoms with Crippen molar-refractivity contribution in [2.24, 2.45) is 5.92 Å². The summed E-state index contributed by atoms with van der Waals surface area (Å²) in [5.74, 6) is 0.972. The van der Waals surface area contributed by atoms with Gasteiger partial charge in [-0.2, -0.15) is 4.31 Å². The van der Waals surface area contributed by atoms with Gasteiger partial charge in [0.1, 0.15) is 12.4 Å². The summed E-state index contributed by atoms with van der Waals surface area (Å²) in [5.41, 5.74) is 2.44. The number of amides is 1. The molecule has 0 unspecified atom stereocenters. The Morgan fingerprint density at radius 1 is 1.11 bits per heavy atom. The van der Waals surface area contributed by atoms with Crippen molar-refractivity contribution in [2.45, 2.75) is 31.6 Å². The highest BCUT2D eigenvalue weighted by Crippen LogP contribution is 2.28. The fourth-order valence-electron chi connectivity index (χ4n) is 4.59. The molecule has 1 aliphatic heterocycles. The van der Waals surface area contributed by atoms with Gasteiger partial charge in [-0.15, -0.1) is 0 Å². The lowest BCUT2D eigenvalue weighted by Crippen LogP contribution is -2.40. The van der Waals surface area contributed by atoms with Crippen LogP contribution in [0.15, 0.2) is 41.6 Å². The van der Waals surface area contributed by atoms with Crippen molar-refractivity contribution < 1.29 is 22.7 Å². The number of piperidine rings is 1. The van der Waals surface area contributed by atoms with Crippen LogP contribution in [-0.4, -0.2) is 89.1 Å². The first-order valence-corrected chi connectivity index (χ1v) is 13.7. The van der Waals surface area contributed by atoms with Crippen LogP contribution in [0.2, 0.25) is 0 Å². The zero-order valence-corrected chi connectivity index (χ0v) is 22.8. The van der Waals surface area contributed by atoms with Gasteiger partial charge in [0.05, 0.1) is 18.6 Å². The molecule has 1 amide bonds. The van der Waals surface area contributed by atoms with Crippen molar-refractivity contribution >= 4 is 21.6 Å². The molecule has 1 saturated heterocycles. The van der Waals surface area contributed by atoms with E-state index in [0.717, 1.165) is 25.9 Å². The second kappa shape index (κ2) is 12.5. The number of ether oxygens (including phenoxy) is 2. The zero-order valence-electron chi connectivity index (χ0n) is 21.9. The summed E-state index contributed by atoms with van der Waals surface area (Å²) in [7, 11) is 1.18. The van der Waals surface area contributed by atoms with E-state index >= 15 is 0 Å². The number of nitrogens with zero attached hydrogens (tertiary/aromatic N) is 4. The molecule has 36 heavy (non-hydrogen) atoms. The van der Waals surface area contributed by atoms with Crippen molar-refractivity contribution in [3.8, 4) is 5.75 Å². The van der Waals surface area contributed by atoms with Crippen molar-refractivity contribution in [1.82, 2.24) is 14.2 Å². The van der Waals surface area contributed by atoms with Crippen LogP contribution in [-0.2, 0) is 19.6 Å². The topological polar surface area (TPSA) is 92.3 Å². The number of pyridine rings is 1. The summed E-state index contributed by atoms with van der Waals surface area (Å²) in [4.78, 5) is 21.0. The highest BCUT2D eigenvalue weighted by atomic mass is 32.2. The monoisotopic (exact) mass is 518 g/mol. The maximum absolute atomic E-state index is 13.1. The molecule has 198 valence electrons. The summed E-state index contributed by atoms with van der Waals surface area (Å²) in [6.07, 6.45) is 5.66. The van der Waals surface area contributed by atoms with Gasteiger partial charge in [0, 0.05) is 58.4 Å². The van der Waals surface area contributed by atoms with Crippen molar-refractivity contribution in [2.75, 3.05) is 65.5 Å². The molecule has 0 spiro atoms. The van der Waals surface area contributed by atoms with Gasteiger partial charge in [0.2, 0.25) is 15.9 Å². The predicted octanol–water partition coefficient (Wildman–Crippen LogP) is 2.72. The minimum absolute atomic E-state index is 0.0686. The first-order valence-electron chi connectivity index (χ1n) is 12.2. The van der Waals surface area contributed by atoms with Crippen LogP contribution in [0.1, 0.15) is 24.0 Å². The van der Waals surface area contributed by atoms with E-state index in [4.69, 9.17) is 9.47 Å². The van der Waals surface area contributed by atoms with Crippen molar-refractivity contribution in [3.05, 3.63) is 47.8 Å². The van der Waals surface area contributed by atoms with Crippen LogP contribution < -0.4 is 9.64 Å². The molecule has 1 aromatic heterocycles. The summed E-state index contributed by atoms with van der Waals surface area (Å²) in [6.45, 7) is 6.33. The van der Waals surface area contributed by atoms with Gasteiger partial charge in [-0.05, 0) is 68.0 Å². The largest absolute Gasteiger partial charge is 0.497 e. The van der Waals surface area contributed by atoms with Gasteiger partial charge in [-0.25, -0.2) is 8.42 Å². The van der Waals surface area contributed by atoms with E-state index in [0.29, 0.717) is 29.3 Å². The molecule has 1 aromatic carbocycles. The number of benzene rings is 1. The number of carbonyl (C=O) groups excluding carboxylic acids is 1. The lowest BCUT2D eigenvalue weighted by Gasteiger charge is -2.35. The average molecular weight is 519 g/mol. The number of hydrogen-bond acceptors (Lipinski definition) is 7. The van der Waals surface area contributed by atoms with E-state index in [2.05, 4.69) is 9.88 Å². The smallest absolute Gasteiger partial charge is 0.248 e. The number of methoxy groups -OCH3 is 1. The minimum atomic E-state index is -3.69. The van der Waals surface area contributed by atoms with E-state index in [1.165, 1.54) is 17.0 Å². The number of anilines is 1. The first-order chi connectivity index (χ1) is 17.1. The molecule has 10 heteroatoms. The van der Waals surface area contributed by atoms with Gasteiger partial charge in [0.15, 0.2) is 0 Å². The van der Waals surface area contributed by atoms with E-state index in [1.54, 1.807) is 45.0 Å². The quantitative estimate of drug-likeness (QED) is 0.423. The number of carbonyl (C=O) groups is 1. The summed E-state index contributed by atoms with van der Waals surface area (Å²) < 4.78 is 38.2. The molecule has 0 N–H and O–H groups in total. The fourth-order valence-corrected chi connectivity index (χ4v) is 6.15. The van der Waals surface area contributed by atoms with Crippen LogP contribution >= 0.6 is 0 Å². The standard InChI is InChI=1S/C26H38N4O5S/c1-20-16-24(34-5)17-21(2)26(20)36(32,33)29(4)14-15-35-19-25(31)28(3)18-22-8-12-30(13-9-22)23-6-10-27-11-7-23/h6-7,10-11,16-17,22H,8-9,12-15,18-19H2,1-5H3. The third-order valence-corrected chi connectivity index (χ3v) is 8.88. The van der Waals surface area contributed by atoms with Crippen LogP contribution in [0.4, 0.5) is 5.69 Å². The third kappa shape index (κ3) is 6.96. The Morgan fingerprint density at radius 2 is 1.72 bits per heavy atom. The fraction of sp³-hybridized carbons (Fsp3) is 0.538. The molecule has 9 nitrogen and oxygen atoms in total. The molecular formula is C26H38N4O5S. The van der Waals surface area contributed by atoms with Crippen LogP contribution in [0.5, 0.6) is 5.75 Å². The molecule has 3 rings (SSSR count). The number of aromatic nitrogens is 1. The molecule has 0 radical (unpaired) electrons. The number of hydrogen-bond donors (Lipinski definition) is 0. The Kier molecular flexibility index (Phi) is 9.69. The molecule has 0 aliphatic carbocycles. The highest BCUT2D eigenvalue weighted by molar-refractivity contribution is 7.89. The normalized spacial score (nSPS) is 14.8. The number of aryl methyl sites for hydroxylation is 2. The van der Waals surface area contributed by atoms with E-state index in [1.807, 2.05) is 24.5 Å². The SMILES string of the molecule is COc1cc(C)c(S(=O)(=O)N(C)CCOCC(=O)N(C)CC2CCN(c3ccncc3)CC2)c(C)c1. The maximum Gasteiger partial charge on any atom is 0.248 e. The van der Waals surface area contributed by atoms with E-state index < -0.39 is 10.0 Å². The number of sulfonamides is 1. The summed E-state index contributed by atoms with van der Waals surface area (Å²) in [6, 6.07) is 7.47. The predicted molar refractivity (Wildman–Crippen MR) is 140 cm³/mol. The van der Waals surface area contributed by atoms with Gasteiger partial charge >= 0.3 is 0 Å². The molecule has 2 aromatic rings. The summed E-state index contributed by atoms with van der Waals surface area (Å²) in [5, 5.41) is 0. The van der Waals surface area contributed by atoms with Crippen LogP contribution in [0, 0.1) is 19.8 Å². The maximum atomic E-state index is 13.1. The molecule has 0 saturated carbocycles. The van der Waals surface area contributed by atoms with Crippen molar-refractivity contribution in [1.29, 1.82) is 0 Å². The van der Waals surface area contributed by atoms with E-state index in [9.17, 15) is 13.2 Å².